The van der Waals surface area contributed by atoms with Gasteiger partial charge in [0.1, 0.15) is 6.20 Å². The second-order valence-corrected chi connectivity index (χ2v) is 5.78. The third kappa shape index (κ3) is 3.54. The van der Waals surface area contributed by atoms with Crippen LogP contribution in [0.1, 0.15) is 23.2 Å². The van der Waals surface area contributed by atoms with E-state index in [9.17, 15) is 14.9 Å². The van der Waals surface area contributed by atoms with E-state index in [-0.39, 0.29) is 11.7 Å². The predicted octanol–water partition coefficient (Wildman–Crippen LogP) is 1.94. The molecule has 1 aromatic heterocycles. The largest absolute Gasteiger partial charge is 0.493 e. The van der Waals surface area contributed by atoms with Gasteiger partial charge in [0.15, 0.2) is 11.5 Å². The van der Waals surface area contributed by atoms with Gasteiger partial charge in [-0.3, -0.25) is 9.36 Å². The van der Waals surface area contributed by atoms with Crippen LogP contribution in [-0.4, -0.2) is 41.1 Å². The number of amides is 1. The molecule has 1 heterocycles. The minimum Gasteiger partial charge on any atom is -0.493 e. The van der Waals surface area contributed by atoms with Crippen LogP contribution in [0.3, 0.4) is 0 Å². The van der Waals surface area contributed by atoms with E-state index in [1.165, 1.54) is 31.3 Å². The molecule has 9 nitrogen and oxygen atoms in total. The smallest absolute Gasteiger partial charge is 0.381 e. The topological polar surface area (TPSA) is 109 Å². The van der Waals surface area contributed by atoms with Gasteiger partial charge in [0.2, 0.25) is 6.33 Å². The number of imidazole rings is 1. The molecule has 0 saturated heterocycles. The zero-order valence-corrected chi connectivity index (χ0v) is 13.9. The van der Waals surface area contributed by atoms with E-state index in [1.54, 1.807) is 12.1 Å². The average Bonchev–Trinajstić information content (AvgIpc) is 3.31. The first-order chi connectivity index (χ1) is 12.0. The molecule has 2 aromatic rings. The van der Waals surface area contributed by atoms with Crippen LogP contribution in [0.2, 0.25) is 0 Å². The molecule has 0 radical (unpaired) electrons. The number of aromatic nitrogens is 2. The molecule has 1 aliphatic rings. The summed E-state index contributed by atoms with van der Waals surface area (Å²) in [6.45, 7) is 0.616. The molecule has 1 amide bonds. The van der Waals surface area contributed by atoms with Crippen molar-refractivity contribution in [2.24, 2.45) is 5.92 Å². The maximum Gasteiger partial charge on any atom is 0.381 e. The molecule has 1 aromatic carbocycles. The van der Waals surface area contributed by atoms with Gasteiger partial charge in [-0.1, -0.05) is 0 Å². The van der Waals surface area contributed by atoms with Crippen molar-refractivity contribution in [1.82, 2.24) is 14.9 Å². The zero-order chi connectivity index (χ0) is 18.0. The van der Waals surface area contributed by atoms with Crippen LogP contribution in [0.15, 0.2) is 24.7 Å². The van der Waals surface area contributed by atoms with E-state index in [0.29, 0.717) is 35.2 Å². The monoisotopic (exact) mass is 346 g/mol. The second-order valence-electron chi connectivity index (χ2n) is 5.78. The molecule has 9 heteroatoms. The normalized spacial score (nSPS) is 13.4. The third-order valence-corrected chi connectivity index (χ3v) is 4.01. The van der Waals surface area contributed by atoms with Crippen LogP contribution >= 0.6 is 0 Å². The van der Waals surface area contributed by atoms with Gasteiger partial charge >= 0.3 is 5.82 Å². The summed E-state index contributed by atoms with van der Waals surface area (Å²) in [5.74, 6) is 0.645. The number of benzene rings is 1. The zero-order valence-electron chi connectivity index (χ0n) is 13.9. The van der Waals surface area contributed by atoms with E-state index in [0.717, 1.165) is 12.8 Å². The standard InChI is InChI=1S/C16H18N4O5/c1-24-13-6-11(19-8-14(18-9-19)20(22)23)5-12(15(13)25-2)16(21)17-7-10-3-4-10/h5-6,8-10H,3-4,7H2,1-2H3,(H,17,21). The van der Waals surface area contributed by atoms with Crippen molar-refractivity contribution in [1.29, 1.82) is 0 Å². The van der Waals surface area contributed by atoms with E-state index in [1.807, 2.05) is 0 Å². The van der Waals surface area contributed by atoms with Gasteiger partial charge in [0.05, 0.1) is 25.5 Å². The van der Waals surface area contributed by atoms with Gasteiger partial charge in [-0.05, 0) is 34.7 Å². The summed E-state index contributed by atoms with van der Waals surface area (Å²) in [6.07, 6.45) is 4.83. The van der Waals surface area contributed by atoms with Gasteiger partial charge in [0.25, 0.3) is 5.91 Å². The summed E-state index contributed by atoms with van der Waals surface area (Å²) < 4.78 is 12.1. The quantitative estimate of drug-likeness (QED) is 0.606. The first kappa shape index (κ1) is 16.7. The highest BCUT2D eigenvalue weighted by atomic mass is 16.6. The van der Waals surface area contributed by atoms with Crippen LogP contribution in [0, 0.1) is 16.0 Å². The summed E-state index contributed by atoms with van der Waals surface area (Å²) in [5, 5.41) is 13.7. The number of hydrogen-bond acceptors (Lipinski definition) is 6. The maximum atomic E-state index is 12.5. The van der Waals surface area contributed by atoms with Crippen molar-refractivity contribution >= 4 is 11.7 Å². The summed E-state index contributed by atoms with van der Waals surface area (Å²) in [6, 6.07) is 3.22. The predicted molar refractivity (Wildman–Crippen MR) is 88.4 cm³/mol. The Bertz CT molecular complexity index is 813. The molecule has 0 aliphatic heterocycles. The lowest BCUT2D eigenvalue weighted by Gasteiger charge is -2.15. The maximum absolute atomic E-state index is 12.5. The number of methoxy groups -OCH3 is 2. The molecule has 1 aliphatic carbocycles. The highest BCUT2D eigenvalue weighted by Crippen LogP contribution is 2.34. The molecule has 0 spiro atoms. The molecule has 132 valence electrons. The van der Waals surface area contributed by atoms with E-state index in [4.69, 9.17) is 9.47 Å². The van der Waals surface area contributed by atoms with Crippen molar-refractivity contribution in [2.75, 3.05) is 20.8 Å². The van der Waals surface area contributed by atoms with Crippen LogP contribution in [0.5, 0.6) is 11.5 Å². The SMILES string of the molecule is COc1cc(-n2cnc([N+](=O)[O-])c2)cc(C(=O)NCC2CC2)c1OC. The number of carbonyl (C=O) groups is 1. The second kappa shape index (κ2) is 6.80. The number of carbonyl (C=O) groups excluding carboxylic acids is 1. The van der Waals surface area contributed by atoms with E-state index >= 15 is 0 Å². The fraction of sp³-hybridized carbons (Fsp3) is 0.375. The molecular formula is C16H18N4O5. The molecule has 1 N–H and O–H groups in total. The third-order valence-electron chi connectivity index (χ3n) is 4.01. The Kier molecular flexibility index (Phi) is 4.55. The lowest BCUT2D eigenvalue weighted by molar-refractivity contribution is -0.389. The summed E-state index contributed by atoms with van der Waals surface area (Å²) in [5.41, 5.74) is 0.809. The van der Waals surface area contributed by atoms with Crippen LogP contribution in [0.4, 0.5) is 5.82 Å². The van der Waals surface area contributed by atoms with Crippen LogP contribution in [0.25, 0.3) is 5.69 Å². The van der Waals surface area contributed by atoms with Crippen molar-refractivity contribution in [3.63, 3.8) is 0 Å². The van der Waals surface area contributed by atoms with Crippen molar-refractivity contribution in [3.05, 3.63) is 40.3 Å². The molecule has 1 saturated carbocycles. The molecule has 25 heavy (non-hydrogen) atoms. The molecule has 0 unspecified atom stereocenters. The average molecular weight is 346 g/mol. The van der Waals surface area contributed by atoms with Crippen LogP contribution in [-0.2, 0) is 0 Å². The number of rotatable bonds is 7. The first-order valence-corrected chi connectivity index (χ1v) is 7.76. The Morgan fingerprint density at radius 3 is 2.72 bits per heavy atom. The number of nitrogens with one attached hydrogen (secondary N) is 1. The molecule has 3 rings (SSSR count). The van der Waals surface area contributed by atoms with Gasteiger partial charge in [-0.25, -0.2) is 0 Å². The van der Waals surface area contributed by atoms with Crippen molar-refractivity contribution in [2.45, 2.75) is 12.8 Å². The summed E-state index contributed by atoms with van der Waals surface area (Å²) in [7, 11) is 2.92. The van der Waals surface area contributed by atoms with E-state index in [2.05, 4.69) is 10.3 Å². The van der Waals surface area contributed by atoms with Crippen LogP contribution < -0.4 is 14.8 Å². The number of nitrogens with zero attached hydrogens (tertiary/aromatic N) is 3. The highest BCUT2D eigenvalue weighted by Gasteiger charge is 2.24. The molecular weight excluding hydrogens is 328 g/mol. The Labute approximate surface area is 143 Å². The van der Waals surface area contributed by atoms with Gasteiger partial charge in [-0.15, -0.1) is 0 Å². The van der Waals surface area contributed by atoms with E-state index < -0.39 is 4.92 Å². The Hall–Kier alpha value is -3.10. The molecule has 1 fully saturated rings. The van der Waals surface area contributed by atoms with Crippen molar-refractivity contribution < 1.29 is 19.2 Å². The van der Waals surface area contributed by atoms with Gasteiger partial charge < -0.3 is 24.9 Å². The number of nitro groups is 1. The Morgan fingerprint density at radius 1 is 1.40 bits per heavy atom. The molecule has 0 atom stereocenters. The summed E-state index contributed by atoms with van der Waals surface area (Å²) >= 11 is 0. The summed E-state index contributed by atoms with van der Waals surface area (Å²) in [4.78, 5) is 26.5. The fourth-order valence-electron chi connectivity index (χ4n) is 2.47. The van der Waals surface area contributed by atoms with Gasteiger partial charge in [0, 0.05) is 12.6 Å². The van der Waals surface area contributed by atoms with Crippen molar-refractivity contribution in [3.8, 4) is 17.2 Å². The molecule has 0 bridgehead atoms. The minimum atomic E-state index is -0.583. The number of ether oxygens (including phenoxy) is 2. The number of hydrogen-bond donors (Lipinski definition) is 1. The lowest BCUT2D eigenvalue weighted by Crippen LogP contribution is -2.26. The fourth-order valence-corrected chi connectivity index (χ4v) is 2.47. The van der Waals surface area contributed by atoms with Gasteiger partial charge in [-0.2, -0.15) is 0 Å². The lowest BCUT2D eigenvalue weighted by atomic mass is 10.1. The first-order valence-electron chi connectivity index (χ1n) is 7.76. The highest BCUT2D eigenvalue weighted by molar-refractivity contribution is 5.98. The Morgan fingerprint density at radius 2 is 2.16 bits per heavy atom. The Balaban J connectivity index is 1.98. The minimum absolute atomic E-state index is 0.279.